The first-order valence-electron chi connectivity index (χ1n) is 7.72. The monoisotopic (exact) mass is 276 g/mol. The van der Waals surface area contributed by atoms with Crippen LogP contribution in [0.4, 0.5) is 0 Å². The van der Waals surface area contributed by atoms with E-state index < -0.39 is 5.54 Å². The number of terminal acetylenes is 1. The zero-order valence-electron chi connectivity index (χ0n) is 12.1. The van der Waals surface area contributed by atoms with Crippen LogP contribution in [0.25, 0.3) is 0 Å². The molecular weight excluding hydrogens is 252 g/mol. The highest BCUT2D eigenvalue weighted by molar-refractivity contribution is 5.93. The fourth-order valence-electron chi connectivity index (χ4n) is 3.26. The second-order valence-corrected chi connectivity index (χ2v) is 5.89. The van der Waals surface area contributed by atoms with Crippen molar-refractivity contribution in [3.05, 3.63) is 0 Å². The molecule has 0 unspecified atom stereocenters. The van der Waals surface area contributed by atoms with E-state index in [-0.39, 0.29) is 11.8 Å². The lowest BCUT2D eigenvalue weighted by Gasteiger charge is -2.38. The summed E-state index contributed by atoms with van der Waals surface area (Å²) in [7, 11) is 0. The summed E-state index contributed by atoms with van der Waals surface area (Å²) in [6, 6.07) is 0. The maximum absolute atomic E-state index is 12.8. The summed E-state index contributed by atoms with van der Waals surface area (Å²) in [6.07, 6.45) is 13.1. The summed E-state index contributed by atoms with van der Waals surface area (Å²) in [4.78, 5) is 26.6. The van der Waals surface area contributed by atoms with E-state index in [1.807, 2.05) is 4.90 Å². The molecule has 20 heavy (non-hydrogen) atoms. The number of unbranched alkanes of at least 4 members (excludes halogenated alkanes) is 2. The van der Waals surface area contributed by atoms with Crippen molar-refractivity contribution >= 4 is 11.8 Å². The van der Waals surface area contributed by atoms with Crippen molar-refractivity contribution in [2.45, 2.75) is 63.3 Å². The minimum absolute atomic E-state index is 0.0198. The van der Waals surface area contributed by atoms with Gasteiger partial charge in [-0.1, -0.05) is 19.3 Å². The van der Waals surface area contributed by atoms with Gasteiger partial charge in [0.05, 0.1) is 0 Å². The summed E-state index contributed by atoms with van der Waals surface area (Å²) in [5, 5.41) is 3.01. The predicted octanol–water partition coefficient (Wildman–Crippen LogP) is 1.84. The lowest BCUT2D eigenvalue weighted by Crippen LogP contribution is -2.58. The number of nitrogens with one attached hydrogen (secondary N) is 1. The SMILES string of the molecule is C#CCCCCN1CCC(=O)NC2(CCCCC2)C1=O. The Bertz CT molecular complexity index is 405. The molecule has 1 saturated heterocycles. The quantitative estimate of drug-likeness (QED) is 0.629. The topological polar surface area (TPSA) is 49.4 Å². The first kappa shape index (κ1) is 14.9. The molecule has 4 heteroatoms. The molecule has 110 valence electrons. The van der Waals surface area contributed by atoms with Crippen molar-refractivity contribution in [2.24, 2.45) is 0 Å². The van der Waals surface area contributed by atoms with Crippen LogP contribution >= 0.6 is 0 Å². The average molecular weight is 276 g/mol. The predicted molar refractivity (Wildman–Crippen MR) is 77.8 cm³/mol. The Morgan fingerprint density at radius 3 is 2.65 bits per heavy atom. The molecule has 0 aromatic heterocycles. The normalized spacial score (nSPS) is 22.2. The van der Waals surface area contributed by atoms with Gasteiger partial charge in [0.15, 0.2) is 0 Å². The molecule has 2 rings (SSSR count). The van der Waals surface area contributed by atoms with Gasteiger partial charge in [-0.2, -0.15) is 0 Å². The van der Waals surface area contributed by atoms with Gasteiger partial charge >= 0.3 is 0 Å². The Hall–Kier alpha value is -1.50. The van der Waals surface area contributed by atoms with Crippen LogP contribution < -0.4 is 5.32 Å². The number of nitrogens with zero attached hydrogens (tertiary/aromatic N) is 1. The summed E-state index contributed by atoms with van der Waals surface area (Å²) in [5.41, 5.74) is -0.613. The van der Waals surface area contributed by atoms with Crippen molar-refractivity contribution in [3.63, 3.8) is 0 Å². The van der Waals surface area contributed by atoms with E-state index in [9.17, 15) is 9.59 Å². The first-order valence-corrected chi connectivity index (χ1v) is 7.72. The number of hydrogen-bond donors (Lipinski definition) is 1. The zero-order valence-corrected chi connectivity index (χ0v) is 12.1. The van der Waals surface area contributed by atoms with Crippen molar-refractivity contribution in [1.82, 2.24) is 10.2 Å². The number of amides is 2. The summed E-state index contributed by atoms with van der Waals surface area (Å²) in [6.45, 7) is 1.26. The second kappa shape index (κ2) is 6.78. The van der Waals surface area contributed by atoms with Crippen molar-refractivity contribution in [2.75, 3.05) is 13.1 Å². The van der Waals surface area contributed by atoms with E-state index in [1.165, 1.54) is 0 Å². The summed E-state index contributed by atoms with van der Waals surface area (Å²) in [5.74, 6) is 2.77. The lowest BCUT2D eigenvalue weighted by molar-refractivity contribution is -0.140. The van der Waals surface area contributed by atoms with Gasteiger partial charge in [0.2, 0.25) is 11.8 Å². The fraction of sp³-hybridized carbons (Fsp3) is 0.750. The zero-order chi connectivity index (χ0) is 14.4. The largest absolute Gasteiger partial charge is 0.342 e. The molecule has 1 heterocycles. The van der Waals surface area contributed by atoms with Gasteiger partial charge in [-0.25, -0.2) is 0 Å². The lowest BCUT2D eigenvalue weighted by atomic mass is 9.80. The van der Waals surface area contributed by atoms with Gasteiger partial charge in [0.25, 0.3) is 0 Å². The summed E-state index contributed by atoms with van der Waals surface area (Å²) < 4.78 is 0. The number of rotatable bonds is 4. The Balaban J connectivity index is 2.03. The van der Waals surface area contributed by atoms with Crippen LogP contribution in [0.2, 0.25) is 0 Å². The molecule has 1 aliphatic carbocycles. The van der Waals surface area contributed by atoms with Gasteiger partial charge in [-0.3, -0.25) is 9.59 Å². The van der Waals surface area contributed by atoms with Gasteiger partial charge in [-0.05, 0) is 25.7 Å². The molecule has 1 spiro atoms. The Morgan fingerprint density at radius 2 is 1.95 bits per heavy atom. The molecule has 0 aromatic carbocycles. The Labute approximate surface area is 121 Å². The van der Waals surface area contributed by atoms with Crippen LogP contribution in [0.3, 0.4) is 0 Å². The van der Waals surface area contributed by atoms with Crippen LogP contribution in [-0.2, 0) is 9.59 Å². The highest BCUT2D eigenvalue weighted by Crippen LogP contribution is 2.31. The molecule has 2 aliphatic rings. The number of carbonyl (C=O) groups excluding carboxylic acids is 2. The molecule has 4 nitrogen and oxygen atoms in total. The van der Waals surface area contributed by atoms with E-state index in [0.29, 0.717) is 13.0 Å². The van der Waals surface area contributed by atoms with E-state index in [0.717, 1.165) is 57.9 Å². The molecule has 0 radical (unpaired) electrons. The average Bonchev–Trinajstić information content (AvgIpc) is 2.56. The van der Waals surface area contributed by atoms with Crippen LogP contribution in [-0.4, -0.2) is 35.3 Å². The van der Waals surface area contributed by atoms with Gasteiger partial charge in [0, 0.05) is 25.9 Å². The first-order chi connectivity index (χ1) is 9.68. The van der Waals surface area contributed by atoms with E-state index in [1.54, 1.807) is 0 Å². The minimum atomic E-state index is -0.613. The molecule has 0 bridgehead atoms. The van der Waals surface area contributed by atoms with Gasteiger partial charge < -0.3 is 10.2 Å². The second-order valence-electron chi connectivity index (χ2n) is 5.89. The van der Waals surface area contributed by atoms with Crippen LogP contribution in [0, 0.1) is 12.3 Å². The minimum Gasteiger partial charge on any atom is -0.342 e. The number of carbonyl (C=O) groups is 2. The van der Waals surface area contributed by atoms with E-state index in [2.05, 4.69) is 11.2 Å². The van der Waals surface area contributed by atoms with Crippen LogP contribution in [0.15, 0.2) is 0 Å². The maximum Gasteiger partial charge on any atom is 0.248 e. The van der Waals surface area contributed by atoms with Crippen LogP contribution in [0.1, 0.15) is 57.8 Å². The van der Waals surface area contributed by atoms with Gasteiger partial charge in [-0.15, -0.1) is 12.3 Å². The third kappa shape index (κ3) is 3.33. The molecule has 2 amide bonds. The molecule has 1 aliphatic heterocycles. The molecular formula is C16H24N2O2. The highest BCUT2D eigenvalue weighted by Gasteiger charge is 2.44. The smallest absolute Gasteiger partial charge is 0.248 e. The molecule has 0 atom stereocenters. The van der Waals surface area contributed by atoms with Gasteiger partial charge in [0.1, 0.15) is 5.54 Å². The van der Waals surface area contributed by atoms with Crippen LogP contribution in [0.5, 0.6) is 0 Å². The standard InChI is InChI=1S/C16H24N2O2/c1-2-3-4-8-12-18-13-9-14(19)17-16(15(18)20)10-6-5-7-11-16/h1H,3-13H2,(H,17,19). The molecule has 0 aromatic rings. The number of hydrogen-bond acceptors (Lipinski definition) is 2. The maximum atomic E-state index is 12.8. The summed E-state index contributed by atoms with van der Waals surface area (Å²) >= 11 is 0. The molecule has 1 saturated carbocycles. The Kier molecular flexibility index (Phi) is 5.05. The third-order valence-electron chi connectivity index (χ3n) is 4.39. The fourth-order valence-corrected chi connectivity index (χ4v) is 3.26. The molecule has 2 fully saturated rings. The third-order valence-corrected chi connectivity index (χ3v) is 4.39. The highest BCUT2D eigenvalue weighted by atomic mass is 16.2. The van der Waals surface area contributed by atoms with E-state index in [4.69, 9.17) is 6.42 Å². The Morgan fingerprint density at radius 1 is 1.20 bits per heavy atom. The van der Waals surface area contributed by atoms with Crippen molar-refractivity contribution in [1.29, 1.82) is 0 Å². The molecule has 1 N–H and O–H groups in total. The van der Waals surface area contributed by atoms with Crippen molar-refractivity contribution in [3.8, 4) is 12.3 Å². The van der Waals surface area contributed by atoms with Crippen molar-refractivity contribution < 1.29 is 9.59 Å². The van der Waals surface area contributed by atoms with E-state index >= 15 is 0 Å².